The molecule has 0 aliphatic heterocycles. The molecular weight excluding hydrogens is 204 g/mol. The fourth-order valence-corrected chi connectivity index (χ4v) is 1.61. The molecule has 1 rings (SSSR count). The molecule has 0 unspecified atom stereocenters. The van der Waals surface area contributed by atoms with Crippen molar-refractivity contribution in [2.75, 3.05) is 6.54 Å². The first-order chi connectivity index (χ1) is 7.49. The standard InChI is InChI=1S/C11H20N4O/c1-11(2,8-10(12)16)14-4-3-6-15-7-5-13-9-15/h5,7,9,14H,3-4,6,8H2,1-2H3,(H2,12,16). The monoisotopic (exact) mass is 224 g/mol. The molecule has 0 radical (unpaired) electrons. The number of nitrogens with two attached hydrogens (primary N) is 1. The van der Waals surface area contributed by atoms with Gasteiger partial charge in [-0.1, -0.05) is 0 Å². The number of aromatic nitrogens is 2. The Morgan fingerprint density at radius 3 is 2.88 bits per heavy atom. The highest BCUT2D eigenvalue weighted by Gasteiger charge is 2.18. The third-order valence-electron chi connectivity index (χ3n) is 2.37. The van der Waals surface area contributed by atoms with Gasteiger partial charge in [-0.25, -0.2) is 4.98 Å². The zero-order chi connectivity index (χ0) is 12.0. The van der Waals surface area contributed by atoms with Crippen molar-refractivity contribution in [1.29, 1.82) is 0 Å². The highest BCUT2D eigenvalue weighted by Crippen LogP contribution is 2.07. The van der Waals surface area contributed by atoms with E-state index in [9.17, 15) is 4.79 Å². The number of rotatable bonds is 7. The number of aryl methyl sites for hydroxylation is 1. The minimum absolute atomic E-state index is 0.221. The van der Waals surface area contributed by atoms with E-state index in [1.54, 1.807) is 12.5 Å². The molecule has 0 saturated heterocycles. The average Bonchev–Trinajstić information content (AvgIpc) is 2.62. The zero-order valence-electron chi connectivity index (χ0n) is 9.94. The van der Waals surface area contributed by atoms with Gasteiger partial charge in [0, 0.05) is 30.9 Å². The Balaban J connectivity index is 2.17. The Bertz CT molecular complexity index is 319. The topological polar surface area (TPSA) is 72.9 Å². The fraction of sp³-hybridized carbons (Fsp3) is 0.636. The molecule has 0 aromatic carbocycles. The molecule has 5 heteroatoms. The lowest BCUT2D eigenvalue weighted by molar-refractivity contribution is -0.119. The van der Waals surface area contributed by atoms with E-state index < -0.39 is 0 Å². The summed E-state index contributed by atoms with van der Waals surface area (Å²) in [5.41, 5.74) is 4.95. The van der Waals surface area contributed by atoms with Gasteiger partial charge >= 0.3 is 0 Å². The van der Waals surface area contributed by atoms with Crippen LogP contribution in [0, 0.1) is 0 Å². The van der Waals surface area contributed by atoms with Crippen LogP contribution in [-0.4, -0.2) is 27.5 Å². The first-order valence-electron chi connectivity index (χ1n) is 5.49. The van der Waals surface area contributed by atoms with Crippen molar-refractivity contribution in [3.63, 3.8) is 0 Å². The van der Waals surface area contributed by atoms with Crippen LogP contribution in [0.3, 0.4) is 0 Å². The molecule has 3 N–H and O–H groups in total. The lowest BCUT2D eigenvalue weighted by Crippen LogP contribution is -2.43. The van der Waals surface area contributed by atoms with Crippen molar-refractivity contribution in [3.8, 4) is 0 Å². The van der Waals surface area contributed by atoms with Crippen molar-refractivity contribution in [3.05, 3.63) is 18.7 Å². The predicted molar refractivity (Wildman–Crippen MR) is 62.7 cm³/mol. The molecule has 0 saturated carbocycles. The number of hydrogen-bond acceptors (Lipinski definition) is 3. The quantitative estimate of drug-likeness (QED) is 0.663. The minimum Gasteiger partial charge on any atom is -0.370 e. The van der Waals surface area contributed by atoms with Gasteiger partial charge in [-0.2, -0.15) is 0 Å². The summed E-state index contributed by atoms with van der Waals surface area (Å²) < 4.78 is 2.03. The second kappa shape index (κ2) is 5.65. The van der Waals surface area contributed by atoms with Crippen LogP contribution in [0.15, 0.2) is 18.7 Å². The highest BCUT2D eigenvalue weighted by molar-refractivity contribution is 5.74. The Morgan fingerprint density at radius 1 is 1.56 bits per heavy atom. The lowest BCUT2D eigenvalue weighted by Gasteiger charge is -2.24. The summed E-state index contributed by atoms with van der Waals surface area (Å²) in [6.07, 6.45) is 6.87. The highest BCUT2D eigenvalue weighted by atomic mass is 16.1. The largest absolute Gasteiger partial charge is 0.370 e. The maximum Gasteiger partial charge on any atom is 0.219 e. The predicted octanol–water partition coefficient (Wildman–Crippen LogP) is 0.517. The van der Waals surface area contributed by atoms with Gasteiger partial charge in [0.05, 0.1) is 6.33 Å². The maximum atomic E-state index is 10.8. The molecule has 1 aromatic rings. The molecule has 0 aliphatic rings. The Hall–Kier alpha value is -1.36. The molecule has 1 aromatic heterocycles. The van der Waals surface area contributed by atoms with Crippen LogP contribution in [0.1, 0.15) is 26.7 Å². The van der Waals surface area contributed by atoms with E-state index in [2.05, 4.69) is 10.3 Å². The van der Waals surface area contributed by atoms with E-state index in [4.69, 9.17) is 5.73 Å². The number of primary amides is 1. The van der Waals surface area contributed by atoms with Gasteiger partial charge in [0.25, 0.3) is 0 Å². The molecule has 90 valence electrons. The molecule has 0 aliphatic carbocycles. The molecule has 16 heavy (non-hydrogen) atoms. The van der Waals surface area contributed by atoms with E-state index in [-0.39, 0.29) is 11.4 Å². The summed E-state index contributed by atoms with van der Waals surface area (Å²) in [5.74, 6) is -0.271. The van der Waals surface area contributed by atoms with Crippen molar-refractivity contribution in [2.45, 2.75) is 38.8 Å². The van der Waals surface area contributed by atoms with E-state index >= 15 is 0 Å². The van der Waals surface area contributed by atoms with Crippen LogP contribution in [0.5, 0.6) is 0 Å². The third-order valence-corrected chi connectivity index (χ3v) is 2.37. The Labute approximate surface area is 96.0 Å². The van der Waals surface area contributed by atoms with Gasteiger partial charge < -0.3 is 15.6 Å². The van der Waals surface area contributed by atoms with E-state index in [0.717, 1.165) is 19.5 Å². The number of imidazole rings is 1. The summed E-state index contributed by atoms with van der Waals surface area (Å²) in [4.78, 5) is 14.8. The Kier molecular flexibility index (Phi) is 4.49. The second-order valence-electron chi connectivity index (χ2n) is 4.61. The minimum atomic E-state index is -0.271. The molecule has 1 amide bonds. The van der Waals surface area contributed by atoms with Crippen LogP contribution in [0.25, 0.3) is 0 Å². The normalized spacial score (nSPS) is 11.6. The van der Waals surface area contributed by atoms with Gasteiger partial charge in [0.2, 0.25) is 5.91 Å². The molecule has 0 spiro atoms. The number of amides is 1. The molecule has 0 atom stereocenters. The first kappa shape index (κ1) is 12.7. The summed E-state index contributed by atoms with van der Waals surface area (Å²) in [5, 5.41) is 3.32. The van der Waals surface area contributed by atoms with Gasteiger partial charge in [-0.05, 0) is 26.8 Å². The number of hydrogen-bond donors (Lipinski definition) is 2. The van der Waals surface area contributed by atoms with Crippen LogP contribution >= 0.6 is 0 Å². The molecule has 0 fully saturated rings. The van der Waals surface area contributed by atoms with Crippen LogP contribution < -0.4 is 11.1 Å². The van der Waals surface area contributed by atoms with Crippen LogP contribution in [0.2, 0.25) is 0 Å². The zero-order valence-corrected chi connectivity index (χ0v) is 9.94. The fourth-order valence-electron chi connectivity index (χ4n) is 1.61. The van der Waals surface area contributed by atoms with Gasteiger partial charge in [-0.15, -0.1) is 0 Å². The lowest BCUT2D eigenvalue weighted by atomic mass is 10.0. The summed E-state index contributed by atoms with van der Waals surface area (Å²) in [7, 11) is 0. The van der Waals surface area contributed by atoms with Crippen molar-refractivity contribution >= 4 is 5.91 Å². The van der Waals surface area contributed by atoms with E-state index in [1.165, 1.54) is 0 Å². The summed E-state index contributed by atoms with van der Waals surface area (Å²) in [6.45, 7) is 5.75. The molecule has 0 bridgehead atoms. The number of nitrogens with one attached hydrogen (secondary N) is 1. The van der Waals surface area contributed by atoms with E-state index in [1.807, 2.05) is 24.6 Å². The first-order valence-corrected chi connectivity index (χ1v) is 5.49. The van der Waals surface area contributed by atoms with Gasteiger partial charge in [0.15, 0.2) is 0 Å². The number of carbonyl (C=O) groups is 1. The SMILES string of the molecule is CC(C)(CC(N)=O)NCCCn1ccnc1. The van der Waals surface area contributed by atoms with Crippen molar-refractivity contribution in [1.82, 2.24) is 14.9 Å². The smallest absolute Gasteiger partial charge is 0.219 e. The van der Waals surface area contributed by atoms with E-state index in [0.29, 0.717) is 6.42 Å². The van der Waals surface area contributed by atoms with Crippen molar-refractivity contribution in [2.24, 2.45) is 5.73 Å². The third kappa shape index (κ3) is 4.93. The van der Waals surface area contributed by atoms with Crippen LogP contribution in [0.4, 0.5) is 0 Å². The average molecular weight is 224 g/mol. The van der Waals surface area contributed by atoms with Gasteiger partial charge in [-0.3, -0.25) is 4.79 Å². The summed E-state index contributed by atoms with van der Waals surface area (Å²) in [6, 6.07) is 0. The van der Waals surface area contributed by atoms with Crippen LogP contribution in [-0.2, 0) is 11.3 Å². The summed E-state index contributed by atoms with van der Waals surface area (Å²) >= 11 is 0. The maximum absolute atomic E-state index is 10.8. The molecular formula is C11H20N4O. The number of nitrogens with zero attached hydrogens (tertiary/aromatic N) is 2. The molecule has 1 heterocycles. The van der Waals surface area contributed by atoms with Gasteiger partial charge in [0.1, 0.15) is 0 Å². The van der Waals surface area contributed by atoms with Crippen molar-refractivity contribution < 1.29 is 4.79 Å². The Morgan fingerprint density at radius 2 is 2.31 bits per heavy atom. The molecule has 5 nitrogen and oxygen atoms in total. The number of carbonyl (C=O) groups excluding carboxylic acids is 1. The second-order valence-corrected chi connectivity index (χ2v) is 4.61.